The van der Waals surface area contributed by atoms with E-state index in [1.807, 2.05) is 0 Å². The maximum absolute atomic E-state index is 9.55. The van der Waals surface area contributed by atoms with Gasteiger partial charge in [0, 0.05) is 24.6 Å². The van der Waals surface area contributed by atoms with E-state index >= 15 is 0 Å². The Morgan fingerprint density at radius 2 is 1.24 bits per heavy atom. The van der Waals surface area contributed by atoms with Crippen LogP contribution in [-0.4, -0.2) is 46.7 Å². The molecule has 194 valence electrons. The van der Waals surface area contributed by atoms with E-state index in [0.717, 1.165) is 6.54 Å². The van der Waals surface area contributed by atoms with Crippen LogP contribution in [-0.2, 0) is 9.59 Å². The van der Waals surface area contributed by atoms with Gasteiger partial charge in [0.05, 0.1) is 0 Å². The monoisotopic (exact) mass is 507 g/mol. The Balaban J connectivity index is 0.000000368. The Morgan fingerprint density at radius 3 is 1.76 bits per heavy atom. The van der Waals surface area contributed by atoms with Crippen molar-refractivity contribution < 1.29 is 19.8 Å². The molecule has 0 amide bonds. The van der Waals surface area contributed by atoms with Crippen LogP contribution in [0.5, 0.6) is 0 Å². The second-order valence-electron chi connectivity index (χ2n) is 9.53. The molecule has 1 aliphatic carbocycles. The van der Waals surface area contributed by atoms with E-state index in [0.29, 0.717) is 24.0 Å². The highest BCUT2D eigenvalue weighted by molar-refractivity contribution is 5.89. The molecule has 1 aliphatic heterocycles. The van der Waals surface area contributed by atoms with Gasteiger partial charge in [-0.05, 0) is 59.7 Å². The molecule has 5 heteroatoms. The fourth-order valence-electron chi connectivity index (χ4n) is 5.26. The molecular formula is C33H33NO4. The predicted octanol–water partition coefficient (Wildman–Crippen LogP) is 6.44. The zero-order valence-electron chi connectivity index (χ0n) is 21.3. The van der Waals surface area contributed by atoms with Crippen LogP contribution in [0.4, 0.5) is 0 Å². The molecule has 0 atom stereocenters. The van der Waals surface area contributed by atoms with E-state index in [9.17, 15) is 9.59 Å². The van der Waals surface area contributed by atoms with Gasteiger partial charge >= 0.3 is 11.9 Å². The van der Waals surface area contributed by atoms with Crippen LogP contribution in [0.3, 0.4) is 0 Å². The summed E-state index contributed by atoms with van der Waals surface area (Å²) in [5.74, 6) is -1.32. The van der Waals surface area contributed by atoms with Crippen LogP contribution >= 0.6 is 0 Å². The standard InChI is InChI=1S/C29H29N.C4H4O4/c1-2-9-23(10-3-1)11-8-20-30-21-18-26(19-22-30)29-27-14-6-4-12-24(27)16-17-25-13-5-7-15-28(25)29;5-3(6)1-2-4(7)8/h1-17,26,29H,18-22H2;1-2H,(H,5,6)(H,7,8)/b11-8+;2-1-. The van der Waals surface area contributed by atoms with Crippen LogP contribution in [0, 0.1) is 5.92 Å². The number of fused-ring (bicyclic) bond motifs is 2. The second kappa shape index (κ2) is 13.4. The van der Waals surface area contributed by atoms with Gasteiger partial charge in [-0.15, -0.1) is 0 Å². The number of benzene rings is 3. The van der Waals surface area contributed by atoms with Gasteiger partial charge < -0.3 is 10.2 Å². The van der Waals surface area contributed by atoms with E-state index in [4.69, 9.17) is 10.2 Å². The molecule has 5 nitrogen and oxygen atoms in total. The smallest absolute Gasteiger partial charge is 0.328 e. The molecule has 0 unspecified atom stereocenters. The van der Waals surface area contributed by atoms with Gasteiger partial charge in [0.1, 0.15) is 0 Å². The average Bonchev–Trinajstić information content (AvgIpc) is 3.10. The Morgan fingerprint density at radius 1 is 0.737 bits per heavy atom. The third-order valence-corrected chi connectivity index (χ3v) is 7.05. The first-order valence-electron chi connectivity index (χ1n) is 12.9. The Labute approximate surface area is 224 Å². The van der Waals surface area contributed by atoms with Crippen molar-refractivity contribution in [3.05, 3.63) is 125 Å². The summed E-state index contributed by atoms with van der Waals surface area (Å²) in [4.78, 5) is 21.7. The Bertz CT molecular complexity index is 1250. The number of carboxylic acid groups (broad SMARTS) is 2. The van der Waals surface area contributed by atoms with Crippen molar-refractivity contribution in [2.75, 3.05) is 19.6 Å². The molecular weight excluding hydrogens is 474 g/mol. The highest BCUT2D eigenvalue weighted by atomic mass is 16.4. The van der Waals surface area contributed by atoms with Crippen molar-refractivity contribution in [1.82, 2.24) is 4.90 Å². The Kier molecular flexibility index (Phi) is 9.43. The minimum absolute atomic E-state index is 0.495. The van der Waals surface area contributed by atoms with Crippen LogP contribution in [0.1, 0.15) is 46.6 Å². The van der Waals surface area contributed by atoms with Crippen LogP contribution in [0.15, 0.2) is 97.1 Å². The molecule has 1 heterocycles. The molecule has 3 aromatic rings. The molecule has 2 aliphatic rings. The quantitative estimate of drug-likeness (QED) is 0.376. The summed E-state index contributed by atoms with van der Waals surface area (Å²) in [6, 6.07) is 28.6. The number of nitrogens with zero attached hydrogens (tertiary/aromatic N) is 1. The summed E-state index contributed by atoms with van der Waals surface area (Å²) in [6.45, 7) is 3.40. The van der Waals surface area contributed by atoms with Crippen LogP contribution in [0.25, 0.3) is 18.2 Å². The number of carboxylic acids is 2. The highest BCUT2D eigenvalue weighted by Crippen LogP contribution is 2.43. The van der Waals surface area contributed by atoms with Crippen molar-refractivity contribution in [3.63, 3.8) is 0 Å². The van der Waals surface area contributed by atoms with Crippen LogP contribution < -0.4 is 0 Å². The summed E-state index contributed by atoms with van der Waals surface area (Å²) in [7, 11) is 0. The third kappa shape index (κ3) is 7.40. The molecule has 0 spiro atoms. The van der Waals surface area contributed by atoms with Gasteiger partial charge in [0.15, 0.2) is 0 Å². The number of likely N-dealkylation sites (tertiary alicyclic amines) is 1. The van der Waals surface area contributed by atoms with Crippen molar-refractivity contribution in [2.45, 2.75) is 18.8 Å². The van der Waals surface area contributed by atoms with Crippen molar-refractivity contribution in [2.24, 2.45) is 5.92 Å². The zero-order chi connectivity index (χ0) is 26.7. The maximum Gasteiger partial charge on any atom is 0.328 e. The number of hydrogen-bond donors (Lipinski definition) is 2. The lowest BCUT2D eigenvalue weighted by Gasteiger charge is -2.37. The second-order valence-corrected chi connectivity index (χ2v) is 9.53. The molecule has 3 aromatic carbocycles. The summed E-state index contributed by atoms with van der Waals surface area (Å²) in [5.41, 5.74) is 7.05. The van der Waals surface area contributed by atoms with Gasteiger partial charge in [-0.1, -0.05) is 103 Å². The summed E-state index contributed by atoms with van der Waals surface area (Å²) >= 11 is 0. The van der Waals surface area contributed by atoms with Gasteiger partial charge in [-0.2, -0.15) is 0 Å². The first kappa shape index (κ1) is 26.8. The largest absolute Gasteiger partial charge is 0.478 e. The summed E-state index contributed by atoms with van der Waals surface area (Å²) in [5, 5.41) is 15.6. The zero-order valence-corrected chi connectivity index (χ0v) is 21.3. The number of aliphatic carboxylic acids is 2. The van der Waals surface area contributed by atoms with E-state index in [1.54, 1.807) is 0 Å². The lowest BCUT2D eigenvalue weighted by atomic mass is 9.74. The van der Waals surface area contributed by atoms with Crippen molar-refractivity contribution >= 4 is 30.2 Å². The minimum Gasteiger partial charge on any atom is -0.478 e. The van der Waals surface area contributed by atoms with Gasteiger partial charge in [-0.3, -0.25) is 4.90 Å². The highest BCUT2D eigenvalue weighted by Gasteiger charge is 2.31. The number of hydrogen-bond acceptors (Lipinski definition) is 3. The molecule has 0 aromatic heterocycles. The Hall–Kier alpha value is -4.22. The number of rotatable bonds is 6. The first-order chi connectivity index (χ1) is 18.5. The SMILES string of the molecule is C1=Cc2ccccc2C(C2CCN(C/C=C/c3ccccc3)CC2)c2ccccc21.O=C(O)/C=C\C(=O)O. The van der Waals surface area contributed by atoms with E-state index < -0.39 is 11.9 Å². The predicted molar refractivity (Wildman–Crippen MR) is 153 cm³/mol. The van der Waals surface area contributed by atoms with Crippen molar-refractivity contribution in [1.29, 1.82) is 0 Å². The van der Waals surface area contributed by atoms with E-state index in [1.165, 1.54) is 53.7 Å². The topological polar surface area (TPSA) is 77.8 Å². The lowest BCUT2D eigenvalue weighted by Crippen LogP contribution is -2.36. The molecule has 0 bridgehead atoms. The molecule has 0 radical (unpaired) electrons. The van der Waals surface area contributed by atoms with Gasteiger partial charge in [-0.25, -0.2) is 9.59 Å². The average molecular weight is 508 g/mol. The molecule has 1 fully saturated rings. The first-order valence-corrected chi connectivity index (χ1v) is 12.9. The fraction of sp³-hybridized carbons (Fsp3) is 0.212. The fourth-order valence-corrected chi connectivity index (χ4v) is 5.26. The summed E-state index contributed by atoms with van der Waals surface area (Å²) < 4.78 is 0. The number of carbonyl (C=O) groups is 2. The molecule has 1 saturated heterocycles. The third-order valence-electron chi connectivity index (χ3n) is 7.05. The van der Waals surface area contributed by atoms with Crippen LogP contribution in [0.2, 0.25) is 0 Å². The van der Waals surface area contributed by atoms with Crippen molar-refractivity contribution in [3.8, 4) is 0 Å². The number of piperidine rings is 1. The summed E-state index contributed by atoms with van der Waals surface area (Å²) in [6.07, 6.45) is 12.8. The van der Waals surface area contributed by atoms with E-state index in [2.05, 4.69) is 108 Å². The normalized spacial score (nSPS) is 15.9. The van der Waals surface area contributed by atoms with Gasteiger partial charge in [0.2, 0.25) is 0 Å². The molecule has 38 heavy (non-hydrogen) atoms. The molecule has 2 N–H and O–H groups in total. The minimum atomic E-state index is -1.26. The maximum atomic E-state index is 9.55. The van der Waals surface area contributed by atoms with Gasteiger partial charge in [0.25, 0.3) is 0 Å². The molecule has 5 rings (SSSR count). The lowest BCUT2D eigenvalue weighted by molar-refractivity contribution is -0.134. The van der Waals surface area contributed by atoms with E-state index in [-0.39, 0.29) is 0 Å². The molecule has 0 saturated carbocycles.